The van der Waals surface area contributed by atoms with Crippen molar-refractivity contribution in [1.29, 1.82) is 0 Å². The first-order valence-electron chi connectivity index (χ1n) is 8.21. The summed E-state index contributed by atoms with van der Waals surface area (Å²) in [5, 5.41) is 14.0. The second-order valence-electron chi connectivity index (χ2n) is 6.32. The predicted molar refractivity (Wildman–Crippen MR) is 91.9 cm³/mol. The Balaban J connectivity index is 1.78. The fourth-order valence-electron chi connectivity index (χ4n) is 3.17. The Hall–Kier alpha value is -2.01. The molecule has 0 bridgehead atoms. The summed E-state index contributed by atoms with van der Waals surface area (Å²) in [7, 11) is 0. The van der Waals surface area contributed by atoms with E-state index in [1.54, 1.807) is 11.6 Å². The standard InChI is InChI=1S/C18H21ClN2O3/c1-12-16(18(22)23)9-20-21(12)10-14-8-15(19)6-7-17(14)24-11-13-4-2-3-5-13/h6-9,13H,2-5,10-11H2,1H3,(H,22,23). The molecule has 1 aromatic heterocycles. The third-order valence-electron chi connectivity index (χ3n) is 4.63. The Labute approximate surface area is 146 Å². The maximum atomic E-state index is 11.2. The smallest absolute Gasteiger partial charge is 0.339 e. The van der Waals surface area contributed by atoms with Crippen LogP contribution in [0, 0.1) is 12.8 Å². The number of hydrogen-bond acceptors (Lipinski definition) is 3. The number of aromatic carboxylic acids is 1. The molecule has 1 heterocycles. The number of halogens is 1. The number of ether oxygens (including phenoxy) is 1. The summed E-state index contributed by atoms with van der Waals surface area (Å²) in [4.78, 5) is 11.2. The van der Waals surface area contributed by atoms with Gasteiger partial charge in [0.05, 0.1) is 25.0 Å². The first kappa shape index (κ1) is 16.8. The molecule has 24 heavy (non-hydrogen) atoms. The first-order chi connectivity index (χ1) is 11.5. The van der Waals surface area contributed by atoms with Crippen LogP contribution in [-0.4, -0.2) is 27.5 Å². The number of carboxylic acids is 1. The molecule has 1 aromatic carbocycles. The second kappa shape index (κ2) is 7.26. The Bertz CT molecular complexity index is 736. The highest BCUT2D eigenvalue weighted by Crippen LogP contribution is 2.28. The summed E-state index contributed by atoms with van der Waals surface area (Å²) in [5.74, 6) is 0.444. The van der Waals surface area contributed by atoms with Crippen molar-refractivity contribution in [2.75, 3.05) is 6.61 Å². The zero-order valence-electron chi connectivity index (χ0n) is 13.7. The van der Waals surface area contributed by atoms with E-state index in [9.17, 15) is 4.79 Å². The van der Waals surface area contributed by atoms with Crippen LogP contribution in [0.5, 0.6) is 5.75 Å². The van der Waals surface area contributed by atoms with Gasteiger partial charge in [-0.3, -0.25) is 4.68 Å². The molecular formula is C18H21ClN2O3. The highest BCUT2D eigenvalue weighted by molar-refractivity contribution is 6.30. The highest BCUT2D eigenvalue weighted by atomic mass is 35.5. The van der Waals surface area contributed by atoms with Crippen LogP contribution in [0.25, 0.3) is 0 Å². The SMILES string of the molecule is Cc1c(C(=O)O)cnn1Cc1cc(Cl)ccc1OCC1CCCC1. The van der Waals surface area contributed by atoms with Crippen LogP contribution < -0.4 is 4.74 Å². The van der Waals surface area contributed by atoms with Gasteiger partial charge in [0.2, 0.25) is 0 Å². The average Bonchev–Trinajstić information content (AvgIpc) is 3.17. The van der Waals surface area contributed by atoms with Crippen LogP contribution >= 0.6 is 11.6 Å². The number of carbonyl (C=O) groups is 1. The van der Waals surface area contributed by atoms with Gasteiger partial charge in [-0.1, -0.05) is 24.4 Å². The Kier molecular flexibility index (Phi) is 5.09. The van der Waals surface area contributed by atoms with Crippen molar-refractivity contribution in [2.24, 2.45) is 5.92 Å². The Morgan fingerprint density at radius 2 is 2.17 bits per heavy atom. The highest BCUT2D eigenvalue weighted by Gasteiger charge is 2.18. The maximum Gasteiger partial charge on any atom is 0.339 e. The number of carboxylic acid groups (broad SMARTS) is 1. The lowest BCUT2D eigenvalue weighted by molar-refractivity contribution is 0.0696. The van der Waals surface area contributed by atoms with E-state index in [0.29, 0.717) is 29.8 Å². The predicted octanol–water partition coefficient (Wildman–Crippen LogP) is 4.16. The Morgan fingerprint density at radius 1 is 1.42 bits per heavy atom. The zero-order valence-corrected chi connectivity index (χ0v) is 14.4. The molecule has 0 amide bonds. The van der Waals surface area contributed by atoms with Gasteiger partial charge in [-0.2, -0.15) is 5.10 Å². The quantitative estimate of drug-likeness (QED) is 0.851. The lowest BCUT2D eigenvalue weighted by atomic mass is 10.1. The minimum Gasteiger partial charge on any atom is -0.493 e. The van der Waals surface area contributed by atoms with Crippen LogP contribution in [0.15, 0.2) is 24.4 Å². The third kappa shape index (κ3) is 3.73. The van der Waals surface area contributed by atoms with E-state index >= 15 is 0 Å². The second-order valence-corrected chi connectivity index (χ2v) is 6.76. The average molecular weight is 349 g/mol. The van der Waals surface area contributed by atoms with E-state index in [4.69, 9.17) is 21.4 Å². The normalized spacial score (nSPS) is 14.9. The van der Waals surface area contributed by atoms with Gasteiger partial charge in [-0.25, -0.2) is 4.79 Å². The number of nitrogens with zero attached hydrogens (tertiary/aromatic N) is 2. The summed E-state index contributed by atoms with van der Waals surface area (Å²) in [5.41, 5.74) is 1.73. The number of rotatable bonds is 6. The molecular weight excluding hydrogens is 328 g/mol. The zero-order chi connectivity index (χ0) is 17.1. The molecule has 5 nitrogen and oxygen atoms in total. The summed E-state index contributed by atoms with van der Waals surface area (Å²) in [6, 6.07) is 5.55. The molecule has 2 aromatic rings. The molecule has 3 rings (SSSR count). The van der Waals surface area contributed by atoms with Crippen molar-refractivity contribution in [3.8, 4) is 5.75 Å². The molecule has 0 radical (unpaired) electrons. The molecule has 1 aliphatic rings. The van der Waals surface area contributed by atoms with Gasteiger partial charge in [-0.05, 0) is 43.9 Å². The van der Waals surface area contributed by atoms with Crippen LogP contribution in [0.1, 0.15) is 47.3 Å². The van der Waals surface area contributed by atoms with Gasteiger partial charge >= 0.3 is 5.97 Å². The molecule has 0 atom stereocenters. The topological polar surface area (TPSA) is 64.3 Å². The van der Waals surface area contributed by atoms with Gasteiger partial charge < -0.3 is 9.84 Å². The van der Waals surface area contributed by atoms with Gasteiger partial charge in [-0.15, -0.1) is 0 Å². The minimum atomic E-state index is -0.970. The van der Waals surface area contributed by atoms with E-state index in [1.165, 1.54) is 31.9 Å². The van der Waals surface area contributed by atoms with E-state index in [2.05, 4.69) is 5.10 Å². The van der Waals surface area contributed by atoms with Crippen molar-refractivity contribution in [2.45, 2.75) is 39.2 Å². The van der Waals surface area contributed by atoms with Gasteiger partial charge in [0, 0.05) is 10.6 Å². The Morgan fingerprint density at radius 3 is 2.83 bits per heavy atom. The monoisotopic (exact) mass is 348 g/mol. The van der Waals surface area contributed by atoms with Crippen molar-refractivity contribution >= 4 is 17.6 Å². The van der Waals surface area contributed by atoms with E-state index in [1.807, 2.05) is 18.2 Å². The molecule has 0 saturated heterocycles. The molecule has 1 fully saturated rings. The lowest BCUT2D eigenvalue weighted by Gasteiger charge is -2.15. The number of hydrogen-bond donors (Lipinski definition) is 1. The van der Waals surface area contributed by atoms with E-state index in [0.717, 1.165) is 11.3 Å². The van der Waals surface area contributed by atoms with Crippen LogP contribution in [0.3, 0.4) is 0 Å². The van der Waals surface area contributed by atoms with Crippen LogP contribution in [-0.2, 0) is 6.54 Å². The molecule has 0 spiro atoms. The van der Waals surface area contributed by atoms with Gasteiger partial charge in [0.25, 0.3) is 0 Å². The first-order valence-corrected chi connectivity index (χ1v) is 8.59. The van der Waals surface area contributed by atoms with Crippen molar-refractivity contribution in [3.63, 3.8) is 0 Å². The maximum absolute atomic E-state index is 11.2. The fourth-order valence-corrected chi connectivity index (χ4v) is 3.37. The van der Waals surface area contributed by atoms with Crippen LogP contribution in [0.2, 0.25) is 5.02 Å². The number of benzene rings is 1. The summed E-state index contributed by atoms with van der Waals surface area (Å²) < 4.78 is 7.69. The van der Waals surface area contributed by atoms with Gasteiger partial charge in [0.15, 0.2) is 0 Å². The fraction of sp³-hybridized carbons (Fsp3) is 0.444. The van der Waals surface area contributed by atoms with E-state index in [-0.39, 0.29) is 5.56 Å². The molecule has 1 saturated carbocycles. The summed E-state index contributed by atoms with van der Waals surface area (Å²) in [6.45, 7) is 2.90. The van der Waals surface area contributed by atoms with Gasteiger partial charge in [0.1, 0.15) is 11.3 Å². The molecule has 0 unspecified atom stereocenters. The van der Waals surface area contributed by atoms with Crippen molar-refractivity contribution < 1.29 is 14.6 Å². The lowest BCUT2D eigenvalue weighted by Crippen LogP contribution is -2.11. The van der Waals surface area contributed by atoms with Crippen LogP contribution in [0.4, 0.5) is 0 Å². The summed E-state index contributed by atoms with van der Waals surface area (Å²) >= 11 is 6.13. The van der Waals surface area contributed by atoms with Crippen molar-refractivity contribution in [1.82, 2.24) is 9.78 Å². The molecule has 0 aliphatic heterocycles. The molecule has 6 heteroatoms. The molecule has 1 aliphatic carbocycles. The molecule has 128 valence electrons. The van der Waals surface area contributed by atoms with Crippen molar-refractivity contribution in [3.05, 3.63) is 46.2 Å². The summed E-state index contributed by atoms with van der Waals surface area (Å²) in [6.07, 6.45) is 6.39. The minimum absolute atomic E-state index is 0.213. The number of aromatic nitrogens is 2. The van der Waals surface area contributed by atoms with E-state index < -0.39 is 5.97 Å². The third-order valence-corrected chi connectivity index (χ3v) is 4.86. The molecule has 1 N–H and O–H groups in total. The largest absolute Gasteiger partial charge is 0.493 e.